The maximum Gasteiger partial charge on any atom is 0.179 e. The lowest BCUT2D eigenvalue weighted by Crippen LogP contribution is -2.46. The molecular formula is C13H17Cl2NO. The molecule has 0 aliphatic carbocycles. The van der Waals surface area contributed by atoms with E-state index in [2.05, 4.69) is 0 Å². The van der Waals surface area contributed by atoms with Crippen molar-refractivity contribution < 1.29 is 26.7 Å². The molecule has 1 rings (SSSR count). The van der Waals surface area contributed by atoms with E-state index in [-0.39, 0.29) is 0 Å². The Labute approximate surface area is 135 Å². The molecule has 4 heteroatoms. The first-order valence-electron chi connectivity index (χ1n) is 12.1. The van der Waals surface area contributed by atoms with Crippen molar-refractivity contribution in [1.29, 1.82) is 0 Å². The summed E-state index contributed by atoms with van der Waals surface area (Å²) in [5.74, 6) is -2.08. The van der Waals surface area contributed by atoms with Gasteiger partial charge >= 0.3 is 0 Å². The van der Waals surface area contributed by atoms with Crippen LogP contribution in [0.25, 0.3) is 0 Å². The van der Waals surface area contributed by atoms with E-state index in [1.54, 1.807) is 0 Å². The van der Waals surface area contributed by atoms with Gasteiger partial charge in [-0.15, -0.1) is 0 Å². The van der Waals surface area contributed by atoms with Crippen LogP contribution in [0, 0.1) is 0 Å². The minimum Gasteiger partial charge on any atom is -0.303 e. The van der Waals surface area contributed by atoms with Gasteiger partial charge in [-0.2, -0.15) is 0 Å². The van der Waals surface area contributed by atoms with Crippen molar-refractivity contribution >= 4 is 29.0 Å². The van der Waals surface area contributed by atoms with Gasteiger partial charge in [-0.25, -0.2) is 0 Å². The minimum atomic E-state index is -4.11. The number of rotatable bonds is 3. The Hall–Kier alpha value is -0.570. The monoisotopic (exact) mass is 289 g/mol. The van der Waals surface area contributed by atoms with Crippen LogP contribution in [-0.4, -0.2) is 17.3 Å². The van der Waals surface area contributed by atoms with E-state index in [1.165, 1.54) is 5.32 Å². The summed E-state index contributed by atoms with van der Waals surface area (Å²) in [6, 6.07) is -7.23. The summed E-state index contributed by atoms with van der Waals surface area (Å²) in [5, 5.41) is -0.153. The van der Waals surface area contributed by atoms with Crippen molar-refractivity contribution in [1.82, 2.24) is 5.32 Å². The fourth-order valence-corrected chi connectivity index (χ4v) is 1.09. The largest absolute Gasteiger partial charge is 0.303 e. The highest BCUT2D eigenvalue weighted by atomic mass is 35.5. The predicted molar refractivity (Wildman–Crippen MR) is 73.1 cm³/mol. The molecule has 0 fully saturated rings. The van der Waals surface area contributed by atoms with Gasteiger partial charge in [-0.05, 0) is 45.5 Å². The highest BCUT2D eigenvalue weighted by Crippen LogP contribution is 2.23. The van der Waals surface area contributed by atoms with Crippen LogP contribution < -0.4 is 5.32 Å². The third-order valence-corrected chi connectivity index (χ3v) is 2.15. The number of ketones is 1. The number of nitrogens with one attached hydrogen (secondary N) is 1. The van der Waals surface area contributed by atoms with Gasteiger partial charge in [0.2, 0.25) is 0 Å². The Kier molecular flexibility index (Phi) is 1.18. The molecule has 1 N–H and O–H groups in total. The number of carbonyl (C=O) groups excluding carboxylic acids is 1. The summed E-state index contributed by atoms with van der Waals surface area (Å²) in [7, 11) is 0. The van der Waals surface area contributed by atoms with Gasteiger partial charge in [0.25, 0.3) is 0 Å². The molecule has 0 unspecified atom stereocenters. The van der Waals surface area contributed by atoms with Gasteiger partial charge in [-0.3, -0.25) is 4.79 Å². The molecule has 0 aliphatic rings. The Morgan fingerprint density at radius 1 is 1.47 bits per heavy atom. The Morgan fingerprint density at radius 3 is 2.76 bits per heavy atom. The molecule has 0 saturated carbocycles. The number of benzene rings is 1. The molecular weight excluding hydrogens is 257 g/mol. The lowest BCUT2D eigenvalue weighted by atomic mass is 10.0. The number of Topliss-reactive ketones (excluding diaryl/α,β-unsaturated/α-hetero) is 1. The first-order chi connectivity index (χ1) is 14.3. The number of hydrogen-bond donors (Lipinski definition) is 1. The second kappa shape index (κ2) is 5.38. The Bertz CT molecular complexity index is 881. The molecule has 2 nitrogen and oxygen atoms in total. The van der Waals surface area contributed by atoms with E-state index in [0.717, 1.165) is 0 Å². The molecule has 0 heterocycles. The second-order valence-corrected chi connectivity index (χ2v) is 3.71. The quantitative estimate of drug-likeness (QED) is 0.854. The van der Waals surface area contributed by atoms with E-state index < -0.39 is 78.5 Å². The molecule has 1 aromatic rings. The van der Waals surface area contributed by atoms with Crippen LogP contribution in [0.4, 0.5) is 0 Å². The van der Waals surface area contributed by atoms with E-state index in [9.17, 15) is 4.79 Å². The van der Waals surface area contributed by atoms with Crippen LogP contribution in [0.1, 0.15) is 59.7 Å². The summed E-state index contributed by atoms with van der Waals surface area (Å²) in [6.45, 7) is -16.0. The van der Waals surface area contributed by atoms with Crippen LogP contribution in [0.5, 0.6) is 0 Å². The fourth-order valence-electron chi connectivity index (χ4n) is 0.851. The summed E-state index contributed by atoms with van der Waals surface area (Å²) < 4.78 is 123. The fraction of sp³-hybridized carbons (Fsp3) is 0.462. The zero-order valence-electron chi connectivity index (χ0n) is 24.2. The predicted octanol–water partition coefficient (Wildman–Crippen LogP) is 3.95. The molecule has 0 radical (unpaired) electrons. The molecule has 17 heavy (non-hydrogen) atoms. The normalized spacial score (nSPS) is 32.1. The molecule has 0 bridgehead atoms. The highest BCUT2D eigenvalue weighted by molar-refractivity contribution is 6.42. The van der Waals surface area contributed by atoms with Gasteiger partial charge in [0.15, 0.2) is 5.78 Å². The van der Waals surface area contributed by atoms with Crippen molar-refractivity contribution in [2.24, 2.45) is 0 Å². The van der Waals surface area contributed by atoms with Crippen LogP contribution in [0.3, 0.4) is 0 Å². The third-order valence-electron chi connectivity index (χ3n) is 1.49. The number of halogens is 2. The maximum atomic E-state index is 13.2. The Balaban J connectivity index is 4.11. The van der Waals surface area contributed by atoms with E-state index >= 15 is 0 Å². The summed E-state index contributed by atoms with van der Waals surface area (Å²) in [4.78, 5) is 13.2. The van der Waals surface area contributed by atoms with Crippen LogP contribution in [0.2, 0.25) is 10.0 Å². The van der Waals surface area contributed by atoms with Gasteiger partial charge in [0, 0.05) is 27.6 Å². The van der Waals surface area contributed by atoms with Crippen molar-refractivity contribution in [3.05, 3.63) is 33.7 Å². The third kappa shape index (κ3) is 4.30. The van der Waals surface area contributed by atoms with E-state index in [0.29, 0.717) is 0 Å². The standard InChI is InChI=1S/C13H17Cl2NO/c1-8(16-13(2,3)4)12(17)9-5-6-10(14)11(15)7-9/h5-8,16H,1-4H3/t8-/m0/s1/i1D3,2D3,3D3,4D3,5D,6D,7D,8D. The highest BCUT2D eigenvalue weighted by Gasteiger charge is 2.20. The van der Waals surface area contributed by atoms with E-state index in [4.69, 9.17) is 45.1 Å². The average molecular weight is 290 g/mol. The van der Waals surface area contributed by atoms with Crippen LogP contribution in [0.15, 0.2) is 18.1 Å². The lowest BCUT2D eigenvalue weighted by Gasteiger charge is -2.25. The molecule has 1 atom stereocenters. The first kappa shape index (κ1) is 3.72. The topological polar surface area (TPSA) is 29.1 Å². The SMILES string of the molecule is [2H]c1c([2H])c(C(=O)[C@@]([2H])(NC(C([2H])([2H])[2H])(C([2H])([2H])[2H])C([2H])([2H])[2H])C([2H])([2H])[2H])c([2H])c(Cl)c1Cl. The number of carbonyl (C=O) groups is 1. The van der Waals surface area contributed by atoms with Crippen LogP contribution >= 0.6 is 23.2 Å². The molecule has 0 aliphatic heterocycles. The summed E-state index contributed by atoms with van der Waals surface area (Å²) in [5.41, 5.74) is -5.38. The van der Waals surface area contributed by atoms with Crippen LogP contribution in [-0.2, 0) is 0 Å². The van der Waals surface area contributed by atoms with Crippen molar-refractivity contribution in [2.45, 2.75) is 39.0 Å². The molecule has 0 saturated heterocycles. The van der Waals surface area contributed by atoms with E-state index in [1.807, 2.05) is 0 Å². The summed E-state index contributed by atoms with van der Waals surface area (Å²) in [6.07, 6.45) is 0. The maximum absolute atomic E-state index is 13.2. The van der Waals surface area contributed by atoms with Crippen molar-refractivity contribution in [3.8, 4) is 0 Å². The first-order valence-corrected chi connectivity index (χ1v) is 4.84. The van der Waals surface area contributed by atoms with Crippen molar-refractivity contribution in [2.75, 3.05) is 0 Å². The second-order valence-electron chi connectivity index (χ2n) is 2.96. The molecule has 0 amide bonds. The lowest BCUT2D eigenvalue weighted by molar-refractivity contribution is 0.0936. The summed E-state index contributed by atoms with van der Waals surface area (Å²) >= 11 is 11.4. The van der Waals surface area contributed by atoms with Crippen molar-refractivity contribution in [3.63, 3.8) is 0 Å². The Morgan fingerprint density at radius 2 is 2.18 bits per heavy atom. The smallest absolute Gasteiger partial charge is 0.179 e. The zero-order valence-corrected chi connectivity index (χ0v) is 9.68. The molecule has 0 aromatic heterocycles. The molecule has 1 aromatic carbocycles. The number of hydrogen-bond acceptors (Lipinski definition) is 2. The van der Waals surface area contributed by atoms with Gasteiger partial charge in [-0.1, -0.05) is 23.2 Å². The van der Waals surface area contributed by atoms with Gasteiger partial charge in [0.1, 0.15) is 0 Å². The van der Waals surface area contributed by atoms with Gasteiger partial charge in [0.05, 0.1) is 21.5 Å². The van der Waals surface area contributed by atoms with Gasteiger partial charge < -0.3 is 5.32 Å². The average Bonchev–Trinajstić information content (AvgIpc) is 2.58. The minimum absolute atomic E-state index is 0.650. The molecule has 94 valence electrons. The zero-order chi connectivity index (χ0) is 26.7. The molecule has 0 spiro atoms.